The number of hydrogen-bond donors (Lipinski definition) is 2. The predicted octanol–water partition coefficient (Wildman–Crippen LogP) is 2.18. The van der Waals surface area contributed by atoms with Crippen LogP contribution in [-0.4, -0.2) is 25.0 Å². The maximum absolute atomic E-state index is 11.1. The fourth-order valence-corrected chi connectivity index (χ4v) is 3.09. The first-order valence-corrected chi connectivity index (χ1v) is 7.33. The molecule has 1 aromatic carbocycles. The Bertz CT molecular complexity index is 476. The molecule has 0 spiro atoms. The first-order chi connectivity index (χ1) is 8.97. The van der Waals surface area contributed by atoms with Crippen molar-refractivity contribution < 1.29 is 4.79 Å². The molecule has 1 heterocycles. The molecule has 19 heavy (non-hydrogen) atoms. The molecule has 2 atom stereocenters. The van der Waals surface area contributed by atoms with Crippen LogP contribution in [0.5, 0.6) is 0 Å². The molecular weight excluding hydrogens is 306 g/mol. The number of halogens is 1. The van der Waals surface area contributed by atoms with E-state index in [2.05, 4.69) is 44.3 Å². The van der Waals surface area contributed by atoms with E-state index in [0.29, 0.717) is 0 Å². The van der Waals surface area contributed by atoms with Crippen molar-refractivity contribution >= 4 is 27.5 Å². The van der Waals surface area contributed by atoms with Gasteiger partial charge >= 0.3 is 0 Å². The summed E-state index contributed by atoms with van der Waals surface area (Å²) in [6.45, 7) is 5.36. The van der Waals surface area contributed by atoms with Crippen molar-refractivity contribution in [1.29, 1.82) is 0 Å². The van der Waals surface area contributed by atoms with Gasteiger partial charge in [-0.05, 0) is 47.0 Å². The Morgan fingerprint density at radius 3 is 2.89 bits per heavy atom. The fraction of sp³-hybridized carbons (Fsp3) is 0.500. The van der Waals surface area contributed by atoms with Gasteiger partial charge in [-0.3, -0.25) is 4.79 Å². The number of nitrogens with two attached hydrogens (primary N) is 1. The number of amides is 1. The fourth-order valence-electron chi connectivity index (χ4n) is 2.45. The highest BCUT2D eigenvalue weighted by atomic mass is 79.9. The maximum Gasteiger partial charge on any atom is 0.217 e. The third kappa shape index (κ3) is 3.48. The molecule has 1 unspecified atom stereocenters. The molecule has 1 fully saturated rings. The summed E-state index contributed by atoms with van der Waals surface area (Å²) in [5, 5.41) is 2.97. The number of carbonyl (C=O) groups excluding carboxylic acids is 1. The largest absolute Gasteiger partial charge is 0.368 e. The summed E-state index contributed by atoms with van der Waals surface area (Å²) in [6, 6.07) is 6.52. The van der Waals surface area contributed by atoms with Gasteiger partial charge in [0.2, 0.25) is 5.91 Å². The lowest BCUT2D eigenvalue weighted by Gasteiger charge is -2.21. The highest BCUT2D eigenvalue weighted by molar-refractivity contribution is 9.10. The van der Waals surface area contributed by atoms with Gasteiger partial charge in [0.05, 0.1) is 5.69 Å². The minimum absolute atomic E-state index is 0.0380. The van der Waals surface area contributed by atoms with Gasteiger partial charge in [-0.25, -0.2) is 0 Å². The minimum atomic E-state index is 0.0380. The predicted molar refractivity (Wildman–Crippen MR) is 81.2 cm³/mol. The summed E-state index contributed by atoms with van der Waals surface area (Å²) in [6.07, 6.45) is 0.987. The van der Waals surface area contributed by atoms with E-state index in [1.807, 2.05) is 6.92 Å². The third-order valence-electron chi connectivity index (χ3n) is 3.43. The number of nitrogens with one attached hydrogen (secondary N) is 1. The SMILES string of the molecule is CC(=O)NC1CCN(c2ccc([C@H](C)N)cc2Br)C1. The van der Waals surface area contributed by atoms with Crippen LogP contribution in [0.25, 0.3) is 0 Å². The second-order valence-corrected chi connectivity index (χ2v) is 5.99. The van der Waals surface area contributed by atoms with Gasteiger partial charge in [0, 0.05) is 36.6 Å². The molecule has 4 nitrogen and oxygen atoms in total. The molecule has 1 aliphatic heterocycles. The Labute approximate surface area is 122 Å². The van der Waals surface area contributed by atoms with Gasteiger partial charge in [-0.1, -0.05) is 6.07 Å². The second kappa shape index (κ2) is 5.92. The van der Waals surface area contributed by atoms with Crippen molar-refractivity contribution in [2.24, 2.45) is 5.73 Å². The molecule has 104 valence electrons. The van der Waals surface area contributed by atoms with E-state index < -0.39 is 0 Å². The van der Waals surface area contributed by atoms with Gasteiger partial charge < -0.3 is 16.0 Å². The molecule has 0 saturated carbocycles. The van der Waals surface area contributed by atoms with E-state index in [-0.39, 0.29) is 18.0 Å². The van der Waals surface area contributed by atoms with E-state index in [4.69, 9.17) is 5.73 Å². The van der Waals surface area contributed by atoms with Gasteiger partial charge in [-0.15, -0.1) is 0 Å². The van der Waals surface area contributed by atoms with Gasteiger partial charge in [-0.2, -0.15) is 0 Å². The van der Waals surface area contributed by atoms with Crippen molar-refractivity contribution in [3.8, 4) is 0 Å². The lowest BCUT2D eigenvalue weighted by atomic mass is 10.1. The highest BCUT2D eigenvalue weighted by Gasteiger charge is 2.24. The lowest BCUT2D eigenvalue weighted by molar-refractivity contribution is -0.119. The van der Waals surface area contributed by atoms with Crippen LogP contribution in [-0.2, 0) is 4.79 Å². The van der Waals surface area contributed by atoms with Gasteiger partial charge in [0.25, 0.3) is 0 Å². The molecule has 1 aromatic rings. The molecule has 0 aromatic heterocycles. The van der Waals surface area contributed by atoms with Crippen molar-refractivity contribution in [3.63, 3.8) is 0 Å². The standard InChI is InChI=1S/C14H20BrN3O/c1-9(16)11-3-4-14(13(15)7-11)18-6-5-12(8-18)17-10(2)19/h3-4,7,9,12H,5-6,8,16H2,1-2H3,(H,17,19)/t9-,12?/m0/s1. The third-order valence-corrected chi connectivity index (χ3v) is 4.07. The maximum atomic E-state index is 11.1. The first kappa shape index (κ1) is 14.3. The summed E-state index contributed by atoms with van der Waals surface area (Å²) in [5.74, 6) is 0.0400. The zero-order valence-corrected chi connectivity index (χ0v) is 12.9. The van der Waals surface area contributed by atoms with Crippen LogP contribution in [0, 0.1) is 0 Å². The molecular formula is C14H20BrN3O. The number of rotatable bonds is 3. The van der Waals surface area contributed by atoms with Crippen molar-refractivity contribution in [1.82, 2.24) is 5.32 Å². The minimum Gasteiger partial charge on any atom is -0.368 e. The molecule has 1 aliphatic rings. The Hall–Kier alpha value is -1.07. The average molecular weight is 326 g/mol. The Morgan fingerprint density at radius 2 is 2.32 bits per heavy atom. The van der Waals surface area contributed by atoms with Crippen molar-refractivity contribution in [3.05, 3.63) is 28.2 Å². The first-order valence-electron chi connectivity index (χ1n) is 6.54. The van der Waals surface area contributed by atoms with E-state index in [1.165, 1.54) is 0 Å². The monoisotopic (exact) mass is 325 g/mol. The number of anilines is 1. The second-order valence-electron chi connectivity index (χ2n) is 5.13. The summed E-state index contributed by atoms with van der Waals surface area (Å²) < 4.78 is 1.06. The Kier molecular flexibility index (Phi) is 4.47. The summed E-state index contributed by atoms with van der Waals surface area (Å²) in [5.41, 5.74) is 8.16. The lowest BCUT2D eigenvalue weighted by Crippen LogP contribution is -2.35. The van der Waals surface area contributed by atoms with Crippen LogP contribution < -0.4 is 16.0 Å². The van der Waals surface area contributed by atoms with Gasteiger partial charge in [0.1, 0.15) is 0 Å². The summed E-state index contributed by atoms with van der Waals surface area (Å²) in [7, 11) is 0. The van der Waals surface area contributed by atoms with Crippen LogP contribution in [0.15, 0.2) is 22.7 Å². The van der Waals surface area contributed by atoms with E-state index in [9.17, 15) is 4.79 Å². The normalized spacial score (nSPS) is 20.4. The van der Waals surface area contributed by atoms with Crippen LogP contribution in [0.1, 0.15) is 31.9 Å². The molecule has 2 rings (SSSR count). The van der Waals surface area contributed by atoms with Crippen LogP contribution >= 0.6 is 15.9 Å². The Balaban J connectivity index is 2.09. The zero-order chi connectivity index (χ0) is 14.0. The summed E-state index contributed by atoms with van der Waals surface area (Å²) in [4.78, 5) is 13.4. The van der Waals surface area contributed by atoms with E-state index in [0.717, 1.165) is 35.2 Å². The number of hydrogen-bond acceptors (Lipinski definition) is 3. The highest BCUT2D eigenvalue weighted by Crippen LogP contribution is 2.31. The molecule has 0 aliphatic carbocycles. The quantitative estimate of drug-likeness (QED) is 0.895. The molecule has 5 heteroatoms. The van der Waals surface area contributed by atoms with Gasteiger partial charge in [0.15, 0.2) is 0 Å². The van der Waals surface area contributed by atoms with Crippen molar-refractivity contribution in [2.75, 3.05) is 18.0 Å². The smallest absolute Gasteiger partial charge is 0.217 e. The number of benzene rings is 1. The average Bonchev–Trinajstić information content (AvgIpc) is 2.76. The molecule has 1 amide bonds. The molecule has 3 N–H and O–H groups in total. The van der Waals surface area contributed by atoms with Crippen molar-refractivity contribution in [2.45, 2.75) is 32.4 Å². The summed E-state index contributed by atoms with van der Waals surface area (Å²) >= 11 is 3.61. The van der Waals surface area contributed by atoms with Crippen LogP contribution in [0.4, 0.5) is 5.69 Å². The molecule has 0 radical (unpaired) electrons. The zero-order valence-electron chi connectivity index (χ0n) is 11.3. The molecule has 0 bridgehead atoms. The van der Waals surface area contributed by atoms with E-state index in [1.54, 1.807) is 6.92 Å². The Morgan fingerprint density at radius 1 is 1.58 bits per heavy atom. The topological polar surface area (TPSA) is 58.4 Å². The number of nitrogens with zero attached hydrogens (tertiary/aromatic N) is 1. The molecule has 1 saturated heterocycles. The number of carbonyl (C=O) groups is 1. The van der Waals surface area contributed by atoms with Crippen LogP contribution in [0.3, 0.4) is 0 Å². The van der Waals surface area contributed by atoms with E-state index >= 15 is 0 Å². The van der Waals surface area contributed by atoms with Crippen LogP contribution in [0.2, 0.25) is 0 Å².